The van der Waals surface area contributed by atoms with Crippen LogP contribution >= 0.6 is 0 Å². The van der Waals surface area contributed by atoms with Crippen LogP contribution in [-0.2, 0) is 23.4 Å². The van der Waals surface area contributed by atoms with Crippen molar-refractivity contribution in [1.82, 2.24) is 4.90 Å². The highest BCUT2D eigenvalue weighted by molar-refractivity contribution is 7.85. The van der Waals surface area contributed by atoms with Gasteiger partial charge in [-0.05, 0) is 49.1 Å². The Morgan fingerprint density at radius 3 is 2.18 bits per heavy atom. The third-order valence-corrected chi connectivity index (χ3v) is 6.79. The van der Waals surface area contributed by atoms with E-state index in [1.54, 1.807) is 0 Å². The number of nitrogens with zero attached hydrogens (tertiary/aromatic N) is 1. The van der Waals surface area contributed by atoms with Gasteiger partial charge in [-0.1, -0.05) is 30.3 Å². The van der Waals surface area contributed by atoms with Crippen molar-refractivity contribution in [2.24, 2.45) is 0 Å². The fourth-order valence-electron chi connectivity index (χ4n) is 3.39. The lowest BCUT2D eigenvalue weighted by Crippen LogP contribution is -2.47. The molecule has 7 heteroatoms. The molecule has 2 aromatic carbocycles. The summed E-state index contributed by atoms with van der Waals surface area (Å²) in [6, 6.07) is 14.5. The molecule has 0 aliphatic carbocycles. The van der Waals surface area contributed by atoms with E-state index in [9.17, 15) is 22.5 Å². The molecule has 0 amide bonds. The van der Waals surface area contributed by atoms with Gasteiger partial charge in [-0.15, -0.1) is 0 Å². The molecule has 0 radical (unpaired) electrons. The zero-order chi connectivity index (χ0) is 20.2. The summed E-state index contributed by atoms with van der Waals surface area (Å²) < 4.78 is 50.5. The highest BCUT2D eigenvalue weighted by Crippen LogP contribution is 2.30. The fourth-order valence-corrected chi connectivity index (χ4v) is 4.78. The SMILES string of the molecule is O=S(CC1(O)CCN(CCc2ccccc2)CC1)c1ccc(C(F)(F)F)cc1. The number of aliphatic hydroxyl groups is 1. The summed E-state index contributed by atoms with van der Waals surface area (Å²) in [5.41, 5.74) is -0.540. The third kappa shape index (κ3) is 5.65. The van der Waals surface area contributed by atoms with E-state index in [0.29, 0.717) is 30.8 Å². The van der Waals surface area contributed by atoms with Crippen molar-refractivity contribution in [3.8, 4) is 0 Å². The van der Waals surface area contributed by atoms with E-state index < -0.39 is 28.1 Å². The zero-order valence-electron chi connectivity index (χ0n) is 15.5. The van der Waals surface area contributed by atoms with Gasteiger partial charge in [-0.25, -0.2) is 0 Å². The first-order valence-electron chi connectivity index (χ1n) is 9.29. The van der Waals surface area contributed by atoms with E-state index in [-0.39, 0.29) is 5.75 Å². The Labute approximate surface area is 165 Å². The molecule has 1 aliphatic rings. The van der Waals surface area contributed by atoms with Crippen molar-refractivity contribution in [2.45, 2.75) is 35.9 Å². The number of likely N-dealkylation sites (tertiary alicyclic amines) is 1. The van der Waals surface area contributed by atoms with Crippen molar-refractivity contribution in [2.75, 3.05) is 25.4 Å². The molecule has 1 aliphatic heterocycles. The molecule has 1 unspecified atom stereocenters. The van der Waals surface area contributed by atoms with E-state index in [1.165, 1.54) is 17.7 Å². The quantitative estimate of drug-likeness (QED) is 0.784. The molecule has 1 N–H and O–H groups in total. The molecule has 28 heavy (non-hydrogen) atoms. The van der Waals surface area contributed by atoms with Crippen LogP contribution in [0, 0.1) is 0 Å². The molecular weight excluding hydrogens is 387 g/mol. The van der Waals surface area contributed by atoms with Crippen LogP contribution < -0.4 is 0 Å². The van der Waals surface area contributed by atoms with Crippen LogP contribution in [0.1, 0.15) is 24.0 Å². The number of piperidine rings is 1. The number of hydrogen-bond acceptors (Lipinski definition) is 3. The Balaban J connectivity index is 1.50. The standard InChI is InChI=1S/C21H24F3NO2S/c22-21(23,24)18-6-8-19(9-7-18)28(27)16-20(26)11-14-25(15-12-20)13-10-17-4-2-1-3-5-17/h1-9,26H,10-16H2. The fraction of sp³-hybridized carbons (Fsp3) is 0.429. The maximum absolute atomic E-state index is 12.6. The zero-order valence-corrected chi connectivity index (χ0v) is 16.3. The molecule has 1 fully saturated rings. The minimum Gasteiger partial charge on any atom is -0.389 e. The molecular formula is C21H24F3NO2S. The van der Waals surface area contributed by atoms with Gasteiger partial charge in [0, 0.05) is 24.5 Å². The van der Waals surface area contributed by atoms with Crippen LogP contribution in [0.5, 0.6) is 0 Å². The number of halogens is 3. The first-order valence-corrected chi connectivity index (χ1v) is 10.6. The van der Waals surface area contributed by atoms with Gasteiger partial charge < -0.3 is 10.0 Å². The summed E-state index contributed by atoms with van der Waals surface area (Å²) in [7, 11) is -1.54. The number of hydrogen-bond donors (Lipinski definition) is 1. The third-order valence-electron chi connectivity index (χ3n) is 5.19. The van der Waals surface area contributed by atoms with Gasteiger partial charge in [-0.3, -0.25) is 4.21 Å². The lowest BCUT2D eigenvalue weighted by atomic mass is 9.93. The van der Waals surface area contributed by atoms with Crippen LogP contribution in [0.15, 0.2) is 59.5 Å². The molecule has 1 saturated heterocycles. The Morgan fingerprint density at radius 2 is 1.61 bits per heavy atom. The van der Waals surface area contributed by atoms with E-state index >= 15 is 0 Å². The smallest absolute Gasteiger partial charge is 0.389 e. The Hall–Kier alpha value is -1.70. The van der Waals surface area contributed by atoms with Crippen LogP contribution in [0.25, 0.3) is 0 Å². The lowest BCUT2D eigenvalue weighted by Gasteiger charge is -2.38. The molecule has 1 atom stereocenters. The largest absolute Gasteiger partial charge is 0.416 e. The minimum atomic E-state index is -4.41. The highest BCUT2D eigenvalue weighted by atomic mass is 32.2. The summed E-state index contributed by atoms with van der Waals surface area (Å²) >= 11 is 0. The van der Waals surface area contributed by atoms with Gasteiger partial charge in [0.15, 0.2) is 0 Å². The Morgan fingerprint density at radius 1 is 1.00 bits per heavy atom. The summed E-state index contributed by atoms with van der Waals surface area (Å²) in [4.78, 5) is 2.59. The summed E-state index contributed by atoms with van der Waals surface area (Å²) in [6.07, 6.45) is -2.45. The van der Waals surface area contributed by atoms with Gasteiger partial charge in [0.2, 0.25) is 0 Å². The van der Waals surface area contributed by atoms with Gasteiger partial charge >= 0.3 is 6.18 Å². The number of alkyl halides is 3. The van der Waals surface area contributed by atoms with E-state index in [0.717, 1.165) is 25.1 Å². The second-order valence-electron chi connectivity index (χ2n) is 7.31. The lowest BCUT2D eigenvalue weighted by molar-refractivity contribution is -0.137. The molecule has 2 aromatic rings. The molecule has 0 spiro atoms. The predicted molar refractivity (Wildman–Crippen MR) is 103 cm³/mol. The van der Waals surface area contributed by atoms with Crippen LogP contribution in [0.2, 0.25) is 0 Å². The normalized spacial score (nSPS) is 18.7. The molecule has 3 rings (SSSR count). The first kappa shape index (κ1) is 21.0. The highest BCUT2D eigenvalue weighted by Gasteiger charge is 2.35. The first-order chi connectivity index (χ1) is 13.3. The molecule has 0 saturated carbocycles. The second kappa shape index (κ2) is 8.76. The molecule has 3 nitrogen and oxygen atoms in total. The second-order valence-corrected chi connectivity index (χ2v) is 8.76. The van der Waals surface area contributed by atoms with E-state index in [1.807, 2.05) is 18.2 Å². The summed E-state index contributed by atoms with van der Waals surface area (Å²) in [6.45, 7) is 2.34. The van der Waals surface area contributed by atoms with Crippen LogP contribution in [0.4, 0.5) is 13.2 Å². The molecule has 0 bridgehead atoms. The van der Waals surface area contributed by atoms with E-state index in [4.69, 9.17) is 0 Å². The van der Waals surface area contributed by atoms with Crippen molar-refractivity contribution in [3.63, 3.8) is 0 Å². The van der Waals surface area contributed by atoms with Crippen molar-refractivity contribution in [3.05, 3.63) is 65.7 Å². The van der Waals surface area contributed by atoms with Crippen LogP contribution in [0.3, 0.4) is 0 Å². The summed E-state index contributed by atoms with van der Waals surface area (Å²) in [5.74, 6) is 0.0465. The van der Waals surface area contributed by atoms with Crippen molar-refractivity contribution < 1.29 is 22.5 Å². The average molecular weight is 411 g/mol. The number of rotatable bonds is 6. The van der Waals surface area contributed by atoms with Gasteiger partial charge in [0.25, 0.3) is 0 Å². The van der Waals surface area contributed by atoms with Gasteiger partial charge in [0.1, 0.15) is 0 Å². The Kier molecular flexibility index (Phi) is 6.58. The Bertz CT molecular complexity index is 786. The minimum absolute atomic E-state index is 0.0465. The van der Waals surface area contributed by atoms with Crippen LogP contribution in [-0.4, -0.2) is 45.2 Å². The molecule has 152 valence electrons. The predicted octanol–water partition coefficient (Wildman–Crippen LogP) is 3.88. The van der Waals surface area contributed by atoms with Crippen molar-refractivity contribution in [1.29, 1.82) is 0 Å². The average Bonchev–Trinajstić information content (AvgIpc) is 2.68. The van der Waals surface area contributed by atoms with Gasteiger partial charge in [-0.2, -0.15) is 13.2 Å². The molecule has 1 heterocycles. The monoisotopic (exact) mass is 411 g/mol. The van der Waals surface area contributed by atoms with Gasteiger partial charge in [0.05, 0.1) is 27.7 Å². The topological polar surface area (TPSA) is 40.5 Å². The maximum atomic E-state index is 12.6. The van der Waals surface area contributed by atoms with Crippen molar-refractivity contribution >= 4 is 10.8 Å². The number of benzene rings is 2. The maximum Gasteiger partial charge on any atom is 0.416 e. The summed E-state index contributed by atoms with van der Waals surface area (Å²) in [5, 5.41) is 10.8. The van der Waals surface area contributed by atoms with E-state index in [2.05, 4.69) is 17.0 Å². The molecule has 0 aromatic heterocycles.